The first-order chi connectivity index (χ1) is 16.0. The van der Waals surface area contributed by atoms with Crippen LogP contribution in [0.3, 0.4) is 0 Å². The van der Waals surface area contributed by atoms with Crippen LogP contribution in [-0.2, 0) is 11.3 Å². The molecule has 1 amide bonds. The molecule has 0 spiro atoms. The van der Waals surface area contributed by atoms with Crippen LogP contribution < -0.4 is 14.8 Å². The van der Waals surface area contributed by atoms with Gasteiger partial charge in [-0.2, -0.15) is 4.98 Å². The van der Waals surface area contributed by atoms with Crippen molar-refractivity contribution in [3.05, 3.63) is 52.9 Å². The van der Waals surface area contributed by atoms with Crippen LogP contribution >= 0.6 is 11.6 Å². The number of carbonyl (C=O) groups is 1. The number of anilines is 1. The number of nitrogens with one attached hydrogen (secondary N) is 1. The predicted molar refractivity (Wildman–Crippen MR) is 126 cm³/mol. The molecule has 9 heteroatoms. The van der Waals surface area contributed by atoms with Gasteiger partial charge in [0.1, 0.15) is 11.5 Å². The first kappa shape index (κ1) is 23.1. The van der Waals surface area contributed by atoms with Gasteiger partial charge >= 0.3 is 0 Å². The second kappa shape index (κ2) is 10.2. The van der Waals surface area contributed by atoms with E-state index < -0.39 is 0 Å². The molecule has 3 aromatic rings. The molecule has 0 bridgehead atoms. The number of likely N-dealkylation sites (tertiary alicyclic amines) is 1. The van der Waals surface area contributed by atoms with E-state index in [2.05, 4.69) is 20.4 Å². The van der Waals surface area contributed by atoms with Gasteiger partial charge in [0.2, 0.25) is 17.6 Å². The van der Waals surface area contributed by atoms with Crippen molar-refractivity contribution in [2.75, 3.05) is 32.6 Å². The zero-order chi connectivity index (χ0) is 23.4. The molecule has 0 atom stereocenters. The number of amides is 1. The minimum atomic E-state index is -0.0987. The van der Waals surface area contributed by atoms with Crippen LogP contribution in [0.1, 0.15) is 24.3 Å². The third-order valence-electron chi connectivity index (χ3n) is 5.83. The Bertz CT molecular complexity index is 1110. The molecule has 8 nitrogen and oxygen atoms in total. The van der Waals surface area contributed by atoms with Gasteiger partial charge in [-0.05, 0) is 32.9 Å². The van der Waals surface area contributed by atoms with E-state index in [1.807, 2.05) is 31.2 Å². The number of methoxy groups -OCH3 is 2. The number of ether oxygens (including phenoxy) is 2. The number of hydrogen-bond acceptors (Lipinski definition) is 7. The summed E-state index contributed by atoms with van der Waals surface area (Å²) in [6, 6.07) is 11.3. The normalized spacial score (nSPS) is 14.8. The Kier molecular flexibility index (Phi) is 7.15. The molecular formula is C24H27ClN4O4. The Morgan fingerprint density at radius 2 is 1.85 bits per heavy atom. The van der Waals surface area contributed by atoms with Crippen molar-refractivity contribution in [2.45, 2.75) is 26.3 Å². The van der Waals surface area contributed by atoms with E-state index in [-0.39, 0.29) is 11.8 Å². The smallest absolute Gasteiger partial charge is 0.241 e. The number of rotatable bonds is 7. The lowest BCUT2D eigenvalue weighted by Gasteiger charge is -2.30. The summed E-state index contributed by atoms with van der Waals surface area (Å²) in [4.78, 5) is 19.6. The lowest BCUT2D eigenvalue weighted by Crippen LogP contribution is -2.37. The van der Waals surface area contributed by atoms with Gasteiger partial charge in [-0.3, -0.25) is 9.69 Å². The van der Waals surface area contributed by atoms with Crippen LogP contribution in [0.2, 0.25) is 5.02 Å². The minimum Gasteiger partial charge on any atom is -0.495 e. The maximum absolute atomic E-state index is 12.9. The molecule has 0 saturated carbocycles. The molecule has 1 saturated heterocycles. The van der Waals surface area contributed by atoms with Crippen LogP contribution in [-0.4, -0.2) is 48.3 Å². The topological polar surface area (TPSA) is 89.7 Å². The van der Waals surface area contributed by atoms with Crippen molar-refractivity contribution < 1.29 is 18.8 Å². The van der Waals surface area contributed by atoms with Crippen molar-refractivity contribution in [2.24, 2.45) is 5.92 Å². The highest BCUT2D eigenvalue weighted by Gasteiger charge is 2.27. The Morgan fingerprint density at radius 3 is 2.52 bits per heavy atom. The lowest BCUT2D eigenvalue weighted by atomic mass is 9.95. The Labute approximate surface area is 197 Å². The van der Waals surface area contributed by atoms with Gasteiger partial charge in [-0.25, -0.2) is 0 Å². The van der Waals surface area contributed by atoms with Gasteiger partial charge < -0.3 is 19.3 Å². The predicted octanol–water partition coefficient (Wildman–Crippen LogP) is 4.57. The van der Waals surface area contributed by atoms with Crippen molar-refractivity contribution in [1.29, 1.82) is 0 Å². The Balaban J connectivity index is 1.32. The maximum Gasteiger partial charge on any atom is 0.241 e. The van der Waals surface area contributed by atoms with Crippen molar-refractivity contribution in [1.82, 2.24) is 15.0 Å². The molecule has 1 aliphatic heterocycles. The average Bonchev–Trinajstić information content (AvgIpc) is 3.29. The van der Waals surface area contributed by atoms with E-state index in [1.165, 1.54) is 19.8 Å². The number of nitrogens with zero attached hydrogens (tertiary/aromatic N) is 3. The Morgan fingerprint density at radius 1 is 1.15 bits per heavy atom. The molecule has 174 valence electrons. The minimum absolute atomic E-state index is 0.0447. The first-order valence-electron chi connectivity index (χ1n) is 10.8. The molecular weight excluding hydrogens is 444 g/mol. The summed E-state index contributed by atoms with van der Waals surface area (Å²) in [7, 11) is 3.07. The van der Waals surface area contributed by atoms with Gasteiger partial charge in [-0.15, -0.1) is 0 Å². The van der Waals surface area contributed by atoms with E-state index >= 15 is 0 Å². The average molecular weight is 471 g/mol. The second-order valence-electron chi connectivity index (χ2n) is 8.10. The molecule has 2 heterocycles. The fourth-order valence-electron chi connectivity index (χ4n) is 3.88. The fraction of sp³-hybridized carbons (Fsp3) is 0.375. The van der Waals surface area contributed by atoms with Gasteiger partial charge in [0.05, 0.1) is 31.5 Å². The lowest BCUT2D eigenvalue weighted by molar-refractivity contribution is -0.121. The van der Waals surface area contributed by atoms with E-state index in [4.69, 9.17) is 25.6 Å². The highest BCUT2D eigenvalue weighted by Crippen LogP contribution is 2.36. The molecule has 0 aliphatic carbocycles. The largest absolute Gasteiger partial charge is 0.495 e. The van der Waals surface area contributed by atoms with Crippen LogP contribution in [0.4, 0.5) is 5.69 Å². The second-order valence-corrected chi connectivity index (χ2v) is 8.51. The summed E-state index contributed by atoms with van der Waals surface area (Å²) in [6.45, 7) is 4.14. The highest BCUT2D eigenvalue weighted by molar-refractivity contribution is 6.32. The van der Waals surface area contributed by atoms with Crippen LogP contribution in [0, 0.1) is 12.8 Å². The zero-order valence-electron chi connectivity index (χ0n) is 18.9. The number of aromatic nitrogens is 2. The molecule has 0 unspecified atom stereocenters. The molecule has 0 radical (unpaired) electrons. The number of hydrogen-bond donors (Lipinski definition) is 1. The molecule has 1 fully saturated rings. The Hall–Kier alpha value is -3.10. The maximum atomic E-state index is 12.9. The molecule has 33 heavy (non-hydrogen) atoms. The fourth-order valence-corrected chi connectivity index (χ4v) is 4.11. The SMILES string of the molecule is COc1cc(NC(=O)C2CCN(Cc3nc(-c4ccc(C)cc4)no3)CC2)c(OC)cc1Cl. The quantitative estimate of drug-likeness (QED) is 0.541. The van der Waals surface area contributed by atoms with E-state index in [1.54, 1.807) is 12.1 Å². The third-order valence-corrected chi connectivity index (χ3v) is 6.12. The van der Waals surface area contributed by atoms with E-state index in [0.717, 1.165) is 31.5 Å². The number of carbonyl (C=O) groups excluding carboxylic acids is 1. The van der Waals surface area contributed by atoms with Gasteiger partial charge in [0.25, 0.3) is 0 Å². The van der Waals surface area contributed by atoms with Crippen molar-refractivity contribution in [3.8, 4) is 22.9 Å². The molecule has 4 rings (SSSR count). The summed E-state index contributed by atoms with van der Waals surface area (Å²) in [6.07, 6.45) is 1.47. The van der Waals surface area contributed by atoms with Crippen LogP contribution in [0.25, 0.3) is 11.4 Å². The summed E-state index contributed by atoms with van der Waals surface area (Å²) < 4.78 is 16.0. The van der Waals surface area contributed by atoms with Gasteiger partial charge in [-0.1, -0.05) is 46.6 Å². The zero-order valence-corrected chi connectivity index (χ0v) is 19.7. The molecule has 1 N–H and O–H groups in total. The van der Waals surface area contributed by atoms with Crippen LogP contribution in [0.5, 0.6) is 11.5 Å². The third kappa shape index (κ3) is 5.46. The molecule has 1 aliphatic rings. The number of piperidine rings is 1. The summed E-state index contributed by atoms with van der Waals surface area (Å²) in [5.74, 6) is 1.99. The monoisotopic (exact) mass is 470 g/mol. The van der Waals surface area contributed by atoms with Gasteiger partial charge in [0, 0.05) is 23.6 Å². The standard InChI is InChI=1S/C24H27ClN4O4/c1-15-4-6-16(7-5-15)23-27-22(33-28-23)14-29-10-8-17(9-11-29)24(30)26-19-13-20(31-2)18(25)12-21(19)32-3/h4-7,12-13,17H,8-11,14H2,1-3H3,(H,26,30). The summed E-state index contributed by atoms with van der Waals surface area (Å²) in [5, 5.41) is 7.48. The molecule has 1 aromatic heterocycles. The van der Waals surface area contributed by atoms with Crippen molar-refractivity contribution in [3.63, 3.8) is 0 Å². The van der Waals surface area contributed by atoms with Gasteiger partial charge in [0.15, 0.2) is 0 Å². The summed E-state index contributed by atoms with van der Waals surface area (Å²) >= 11 is 6.15. The summed E-state index contributed by atoms with van der Waals surface area (Å²) in [5.41, 5.74) is 2.66. The number of benzene rings is 2. The van der Waals surface area contributed by atoms with Crippen LogP contribution in [0.15, 0.2) is 40.9 Å². The van der Waals surface area contributed by atoms with Crippen molar-refractivity contribution >= 4 is 23.2 Å². The highest BCUT2D eigenvalue weighted by atomic mass is 35.5. The number of aryl methyl sites for hydroxylation is 1. The first-order valence-corrected chi connectivity index (χ1v) is 11.2. The molecule has 2 aromatic carbocycles. The number of halogens is 1. The van der Waals surface area contributed by atoms with E-state index in [9.17, 15) is 4.79 Å². The van der Waals surface area contributed by atoms with E-state index in [0.29, 0.717) is 40.5 Å².